The molecule has 0 saturated carbocycles. The Kier molecular flexibility index (Phi) is 8.22. The minimum atomic E-state index is -2.59. The molecular formula is C11H27NO3Si. The van der Waals surface area contributed by atoms with Gasteiger partial charge < -0.3 is 18.6 Å². The fourth-order valence-corrected chi connectivity index (χ4v) is 4.86. The van der Waals surface area contributed by atoms with Crippen molar-refractivity contribution >= 4 is 8.80 Å². The van der Waals surface area contributed by atoms with E-state index in [1.54, 1.807) is 7.11 Å². The average molecular weight is 249 g/mol. The highest BCUT2D eigenvalue weighted by Gasteiger charge is 2.49. The molecule has 1 atom stereocenters. The van der Waals surface area contributed by atoms with E-state index < -0.39 is 8.80 Å². The highest BCUT2D eigenvalue weighted by molar-refractivity contribution is 6.62. The lowest BCUT2D eigenvalue weighted by atomic mass is 10.2. The predicted octanol–water partition coefficient (Wildman–Crippen LogP) is 1.82. The Bertz CT molecular complexity index is 173. The van der Waals surface area contributed by atoms with Crippen LogP contribution in [0.5, 0.6) is 0 Å². The summed E-state index contributed by atoms with van der Waals surface area (Å²) in [5, 5.41) is 3.43. The number of rotatable bonds is 9. The Labute approximate surface area is 101 Å². The van der Waals surface area contributed by atoms with Crippen LogP contribution in [0.1, 0.15) is 34.6 Å². The van der Waals surface area contributed by atoms with Crippen molar-refractivity contribution in [3.63, 3.8) is 0 Å². The molecule has 0 aromatic carbocycles. The Morgan fingerprint density at radius 3 is 1.81 bits per heavy atom. The first kappa shape index (κ1) is 16.1. The van der Waals surface area contributed by atoms with Crippen molar-refractivity contribution in [2.75, 3.05) is 26.9 Å². The first-order valence-corrected chi connectivity index (χ1v) is 7.94. The van der Waals surface area contributed by atoms with E-state index in [2.05, 4.69) is 26.1 Å². The Hall–Kier alpha value is 0.0569. The van der Waals surface area contributed by atoms with Gasteiger partial charge in [-0.1, -0.05) is 20.8 Å². The van der Waals surface area contributed by atoms with Gasteiger partial charge in [0.05, 0.1) is 5.67 Å². The van der Waals surface area contributed by atoms with Gasteiger partial charge in [-0.3, -0.25) is 0 Å². The molecule has 0 saturated heterocycles. The zero-order valence-corrected chi connectivity index (χ0v) is 12.5. The van der Waals surface area contributed by atoms with Crippen LogP contribution in [-0.2, 0) is 13.3 Å². The maximum absolute atomic E-state index is 5.83. The van der Waals surface area contributed by atoms with E-state index >= 15 is 0 Å². The Balaban J connectivity index is 4.89. The molecule has 0 bridgehead atoms. The number of hydrogen-bond donors (Lipinski definition) is 1. The molecule has 16 heavy (non-hydrogen) atoms. The van der Waals surface area contributed by atoms with Gasteiger partial charge in [0, 0.05) is 20.3 Å². The number of nitrogens with one attached hydrogen (secondary N) is 1. The van der Waals surface area contributed by atoms with E-state index in [0.717, 1.165) is 6.54 Å². The molecule has 0 aromatic rings. The lowest BCUT2D eigenvalue weighted by Gasteiger charge is -2.36. The molecule has 0 aromatic heterocycles. The third-order valence-electron chi connectivity index (χ3n) is 2.45. The Morgan fingerprint density at radius 2 is 1.56 bits per heavy atom. The van der Waals surface area contributed by atoms with E-state index in [4.69, 9.17) is 13.3 Å². The first-order valence-electron chi connectivity index (χ1n) is 6.14. The van der Waals surface area contributed by atoms with E-state index in [9.17, 15) is 0 Å². The monoisotopic (exact) mass is 249 g/mol. The van der Waals surface area contributed by atoms with Gasteiger partial charge in [0.2, 0.25) is 0 Å². The SMILES string of the molecule is CCNC(C(C)C)[Si](OC)(OCC)OCC. The second kappa shape index (κ2) is 8.19. The van der Waals surface area contributed by atoms with Gasteiger partial charge in [0.25, 0.3) is 0 Å². The average Bonchev–Trinajstić information content (AvgIpc) is 2.25. The van der Waals surface area contributed by atoms with Crippen molar-refractivity contribution in [1.29, 1.82) is 0 Å². The highest BCUT2D eigenvalue weighted by Crippen LogP contribution is 2.20. The van der Waals surface area contributed by atoms with Gasteiger partial charge in [-0.05, 0) is 26.3 Å². The summed E-state index contributed by atoms with van der Waals surface area (Å²) in [5.41, 5.74) is 0.155. The predicted molar refractivity (Wildman–Crippen MR) is 68.3 cm³/mol. The molecule has 1 N–H and O–H groups in total. The minimum Gasteiger partial charge on any atom is -0.376 e. The normalized spacial score (nSPS) is 14.4. The zero-order valence-electron chi connectivity index (χ0n) is 11.5. The van der Waals surface area contributed by atoms with E-state index in [-0.39, 0.29) is 5.67 Å². The van der Waals surface area contributed by atoms with E-state index in [0.29, 0.717) is 19.1 Å². The van der Waals surface area contributed by atoms with Gasteiger partial charge in [0.1, 0.15) is 0 Å². The lowest BCUT2D eigenvalue weighted by Crippen LogP contribution is -2.63. The molecule has 0 aliphatic heterocycles. The topological polar surface area (TPSA) is 39.7 Å². The standard InChI is InChI=1S/C11H27NO3Si/c1-7-12-11(10(4)5)16(13-6,14-8-2)15-9-3/h10-12H,7-9H2,1-6H3. The highest BCUT2D eigenvalue weighted by atomic mass is 28.4. The summed E-state index contributed by atoms with van der Waals surface area (Å²) < 4.78 is 17.3. The van der Waals surface area contributed by atoms with Gasteiger partial charge >= 0.3 is 8.80 Å². The van der Waals surface area contributed by atoms with Crippen LogP contribution < -0.4 is 5.32 Å². The minimum absolute atomic E-state index is 0.155. The third kappa shape index (κ3) is 4.14. The number of hydrogen-bond acceptors (Lipinski definition) is 4. The van der Waals surface area contributed by atoms with Crippen molar-refractivity contribution in [1.82, 2.24) is 5.32 Å². The van der Waals surface area contributed by atoms with Crippen LogP contribution >= 0.6 is 0 Å². The summed E-state index contributed by atoms with van der Waals surface area (Å²) in [6.45, 7) is 12.5. The van der Waals surface area contributed by atoms with Crippen LogP contribution in [0, 0.1) is 5.92 Å². The van der Waals surface area contributed by atoms with Crippen LogP contribution in [-0.4, -0.2) is 41.3 Å². The summed E-state index contributed by atoms with van der Waals surface area (Å²) in [5.74, 6) is 0.421. The quantitative estimate of drug-likeness (QED) is 0.633. The molecule has 0 aliphatic rings. The fourth-order valence-electron chi connectivity index (χ4n) is 1.86. The van der Waals surface area contributed by atoms with Gasteiger partial charge in [-0.25, -0.2) is 0 Å². The molecule has 0 radical (unpaired) electrons. The molecule has 0 spiro atoms. The van der Waals surface area contributed by atoms with Crippen LogP contribution in [0.15, 0.2) is 0 Å². The molecule has 4 nitrogen and oxygen atoms in total. The summed E-state index contributed by atoms with van der Waals surface area (Å²) >= 11 is 0. The van der Waals surface area contributed by atoms with Crippen molar-refractivity contribution < 1.29 is 13.3 Å². The van der Waals surface area contributed by atoms with E-state index in [1.807, 2.05) is 13.8 Å². The van der Waals surface area contributed by atoms with Crippen LogP contribution in [0.4, 0.5) is 0 Å². The maximum atomic E-state index is 5.83. The Morgan fingerprint density at radius 1 is 1.06 bits per heavy atom. The van der Waals surface area contributed by atoms with Crippen LogP contribution in [0.2, 0.25) is 0 Å². The molecule has 5 heteroatoms. The summed E-state index contributed by atoms with van der Waals surface area (Å²) in [7, 11) is -0.909. The van der Waals surface area contributed by atoms with Crippen LogP contribution in [0.25, 0.3) is 0 Å². The van der Waals surface area contributed by atoms with Crippen LogP contribution in [0.3, 0.4) is 0 Å². The largest absolute Gasteiger partial charge is 0.518 e. The molecule has 0 aliphatic carbocycles. The summed E-state index contributed by atoms with van der Waals surface area (Å²) in [4.78, 5) is 0. The second-order valence-electron chi connectivity index (χ2n) is 3.95. The molecule has 0 rings (SSSR count). The van der Waals surface area contributed by atoms with Crippen molar-refractivity contribution in [2.45, 2.75) is 40.3 Å². The van der Waals surface area contributed by atoms with E-state index in [1.165, 1.54) is 0 Å². The molecule has 0 fully saturated rings. The lowest BCUT2D eigenvalue weighted by molar-refractivity contribution is 0.0664. The molecular weight excluding hydrogens is 222 g/mol. The second-order valence-corrected chi connectivity index (χ2v) is 6.77. The van der Waals surface area contributed by atoms with Crippen molar-refractivity contribution in [2.24, 2.45) is 5.92 Å². The molecule has 1 unspecified atom stereocenters. The van der Waals surface area contributed by atoms with Gasteiger partial charge in [-0.15, -0.1) is 0 Å². The summed E-state index contributed by atoms with van der Waals surface area (Å²) in [6, 6.07) is 0. The first-order chi connectivity index (χ1) is 7.57. The molecule has 98 valence electrons. The van der Waals surface area contributed by atoms with Gasteiger partial charge in [-0.2, -0.15) is 0 Å². The maximum Gasteiger partial charge on any atom is 0.518 e. The fraction of sp³-hybridized carbons (Fsp3) is 1.00. The zero-order chi connectivity index (χ0) is 12.6. The summed E-state index contributed by atoms with van der Waals surface area (Å²) in [6.07, 6.45) is 0. The van der Waals surface area contributed by atoms with Crippen molar-refractivity contribution in [3.05, 3.63) is 0 Å². The smallest absolute Gasteiger partial charge is 0.376 e. The molecule has 0 amide bonds. The molecule has 0 heterocycles. The van der Waals surface area contributed by atoms with Gasteiger partial charge in [0.15, 0.2) is 0 Å². The third-order valence-corrected chi connectivity index (χ3v) is 6.03. The van der Waals surface area contributed by atoms with Crippen molar-refractivity contribution in [3.8, 4) is 0 Å².